The predicted octanol–water partition coefficient (Wildman–Crippen LogP) is 6.07. The highest BCUT2D eigenvalue weighted by Crippen LogP contribution is 2.42. The first-order valence-corrected chi connectivity index (χ1v) is 11.9. The zero-order chi connectivity index (χ0) is 26.2. The Morgan fingerprint density at radius 1 is 0.921 bits per heavy atom. The highest BCUT2D eigenvalue weighted by atomic mass is 16.5. The van der Waals surface area contributed by atoms with E-state index in [0.29, 0.717) is 29.2 Å². The highest BCUT2D eigenvalue weighted by Gasteiger charge is 2.22. The zero-order valence-corrected chi connectivity index (χ0v) is 20.8. The molecule has 0 spiro atoms. The number of rotatable bonds is 6. The summed E-state index contributed by atoms with van der Waals surface area (Å²) < 4.78 is 13.6. The molecule has 0 aliphatic carbocycles. The monoisotopic (exact) mass is 501 g/mol. The number of benzene rings is 2. The van der Waals surface area contributed by atoms with Gasteiger partial charge in [0.2, 0.25) is 5.89 Å². The minimum atomic E-state index is 0.299. The van der Waals surface area contributed by atoms with Gasteiger partial charge >= 0.3 is 6.01 Å². The molecule has 0 saturated carbocycles. The van der Waals surface area contributed by atoms with Gasteiger partial charge in [-0.25, -0.2) is 24.9 Å². The number of aromatic nitrogens is 6. The average molecular weight is 502 g/mol. The summed E-state index contributed by atoms with van der Waals surface area (Å²) in [6.07, 6.45) is 6.42. The SMILES string of the molecule is C=Cc1ncc(-c2ccc(-c3c(-c4ccc(Oc5nccc(C)n5)cc4)c4c(N)ncnc4n3C)cc2)o1. The second-order valence-corrected chi connectivity index (χ2v) is 8.69. The number of nitrogens with two attached hydrogens (primary N) is 1. The summed E-state index contributed by atoms with van der Waals surface area (Å²) in [5, 5.41) is 0.788. The minimum absolute atomic E-state index is 0.299. The summed E-state index contributed by atoms with van der Waals surface area (Å²) in [6, 6.07) is 17.9. The molecule has 0 aliphatic rings. The van der Waals surface area contributed by atoms with E-state index >= 15 is 0 Å². The molecule has 0 unspecified atom stereocenters. The Balaban J connectivity index is 1.44. The van der Waals surface area contributed by atoms with E-state index in [4.69, 9.17) is 14.9 Å². The summed E-state index contributed by atoms with van der Waals surface area (Å²) in [5.41, 5.74) is 12.7. The molecule has 9 heteroatoms. The Morgan fingerprint density at radius 3 is 2.37 bits per heavy atom. The maximum absolute atomic E-state index is 6.38. The van der Waals surface area contributed by atoms with Gasteiger partial charge in [0.25, 0.3) is 0 Å². The van der Waals surface area contributed by atoms with Gasteiger partial charge in [-0.1, -0.05) is 43.0 Å². The third kappa shape index (κ3) is 4.05. The van der Waals surface area contributed by atoms with Gasteiger partial charge in [0, 0.05) is 30.1 Å². The number of hydrogen-bond donors (Lipinski definition) is 1. The molecular weight excluding hydrogens is 478 g/mol. The number of aryl methyl sites for hydroxylation is 2. The molecule has 0 bridgehead atoms. The maximum atomic E-state index is 6.38. The molecule has 0 atom stereocenters. The molecule has 186 valence electrons. The van der Waals surface area contributed by atoms with Crippen molar-refractivity contribution in [1.82, 2.24) is 29.5 Å². The first-order chi connectivity index (χ1) is 18.5. The van der Waals surface area contributed by atoms with Gasteiger partial charge in [0.05, 0.1) is 17.3 Å². The van der Waals surface area contributed by atoms with Gasteiger partial charge in [-0.3, -0.25) is 0 Å². The molecular formula is C29H23N7O2. The van der Waals surface area contributed by atoms with Crippen molar-refractivity contribution in [3.63, 3.8) is 0 Å². The van der Waals surface area contributed by atoms with E-state index in [0.717, 1.165) is 44.7 Å². The second kappa shape index (κ2) is 9.29. The number of nitrogen functional groups attached to an aromatic ring is 1. The van der Waals surface area contributed by atoms with Crippen molar-refractivity contribution < 1.29 is 9.15 Å². The fourth-order valence-electron chi connectivity index (χ4n) is 4.47. The number of anilines is 1. The van der Waals surface area contributed by atoms with Gasteiger partial charge in [-0.15, -0.1) is 0 Å². The van der Waals surface area contributed by atoms with Gasteiger partial charge in [0.1, 0.15) is 23.5 Å². The number of ether oxygens (including phenoxy) is 1. The van der Waals surface area contributed by atoms with Crippen LogP contribution in [0.4, 0.5) is 5.82 Å². The van der Waals surface area contributed by atoms with E-state index < -0.39 is 0 Å². The fourth-order valence-corrected chi connectivity index (χ4v) is 4.47. The van der Waals surface area contributed by atoms with Crippen LogP contribution in [0.5, 0.6) is 11.8 Å². The lowest BCUT2D eigenvalue weighted by Gasteiger charge is -2.10. The Kier molecular flexibility index (Phi) is 5.65. The molecule has 38 heavy (non-hydrogen) atoms. The smallest absolute Gasteiger partial charge is 0.322 e. The Labute approximate surface area is 218 Å². The van der Waals surface area contributed by atoms with Crippen LogP contribution >= 0.6 is 0 Å². The van der Waals surface area contributed by atoms with Crippen LogP contribution in [0.1, 0.15) is 11.6 Å². The maximum Gasteiger partial charge on any atom is 0.322 e. The third-order valence-electron chi connectivity index (χ3n) is 6.26. The molecule has 4 aromatic heterocycles. The van der Waals surface area contributed by atoms with Crippen molar-refractivity contribution >= 4 is 22.9 Å². The van der Waals surface area contributed by atoms with Crippen molar-refractivity contribution in [2.45, 2.75) is 6.92 Å². The lowest BCUT2D eigenvalue weighted by Crippen LogP contribution is -1.95. The molecule has 6 aromatic rings. The minimum Gasteiger partial charge on any atom is -0.437 e. The van der Waals surface area contributed by atoms with Crippen LogP contribution in [0.15, 0.2) is 84.3 Å². The second-order valence-electron chi connectivity index (χ2n) is 8.69. The molecule has 6 rings (SSSR count). The summed E-state index contributed by atoms with van der Waals surface area (Å²) in [7, 11) is 1.97. The van der Waals surface area contributed by atoms with Gasteiger partial charge in [-0.05, 0) is 42.3 Å². The molecule has 9 nitrogen and oxygen atoms in total. The lowest BCUT2D eigenvalue weighted by molar-refractivity contribution is 0.440. The molecule has 2 N–H and O–H groups in total. The topological polar surface area (TPSA) is 118 Å². The Hall–Kier alpha value is -5.31. The first kappa shape index (κ1) is 23.1. The van der Waals surface area contributed by atoms with Crippen molar-refractivity contribution in [2.24, 2.45) is 7.05 Å². The molecule has 4 heterocycles. The van der Waals surface area contributed by atoms with Gasteiger partial charge in [0.15, 0.2) is 5.76 Å². The van der Waals surface area contributed by atoms with Crippen LogP contribution in [0.2, 0.25) is 0 Å². The largest absolute Gasteiger partial charge is 0.437 e. The van der Waals surface area contributed by atoms with Crippen molar-refractivity contribution in [3.05, 3.63) is 91.5 Å². The number of hydrogen-bond acceptors (Lipinski definition) is 8. The van der Waals surface area contributed by atoms with E-state index in [1.54, 1.807) is 18.5 Å². The van der Waals surface area contributed by atoms with Crippen LogP contribution in [-0.4, -0.2) is 29.5 Å². The van der Waals surface area contributed by atoms with Crippen LogP contribution in [0.25, 0.3) is 50.8 Å². The summed E-state index contributed by atoms with van der Waals surface area (Å²) in [5.74, 6) is 2.19. The number of nitrogens with zero attached hydrogens (tertiary/aromatic N) is 6. The van der Waals surface area contributed by atoms with Crippen LogP contribution in [-0.2, 0) is 7.05 Å². The van der Waals surface area contributed by atoms with Crippen LogP contribution in [0.3, 0.4) is 0 Å². The first-order valence-electron chi connectivity index (χ1n) is 11.9. The van der Waals surface area contributed by atoms with Crippen LogP contribution < -0.4 is 10.5 Å². The number of oxazole rings is 1. The molecule has 0 saturated heterocycles. The van der Waals surface area contributed by atoms with Crippen molar-refractivity contribution in [1.29, 1.82) is 0 Å². The average Bonchev–Trinajstić information content (AvgIpc) is 3.53. The Morgan fingerprint density at radius 2 is 1.66 bits per heavy atom. The molecule has 2 aromatic carbocycles. The van der Waals surface area contributed by atoms with E-state index in [-0.39, 0.29) is 0 Å². The standard InChI is InChI=1S/C29H23N7O2/c1-4-23-32-15-22(38-23)18-5-7-20(8-6-18)26-24(25-27(30)33-16-34-28(25)36(26)3)19-9-11-21(12-10-19)37-29-31-14-13-17(2)35-29/h4-16H,1H2,2-3H3,(H2,30,33,34). The predicted molar refractivity (Wildman–Crippen MR) is 146 cm³/mol. The van der Waals surface area contributed by atoms with Gasteiger partial charge in [-0.2, -0.15) is 0 Å². The molecule has 0 radical (unpaired) electrons. The van der Waals surface area contributed by atoms with Crippen molar-refractivity contribution in [2.75, 3.05) is 5.73 Å². The molecule has 0 aliphatic heterocycles. The van der Waals surface area contributed by atoms with Gasteiger partial charge < -0.3 is 19.5 Å². The van der Waals surface area contributed by atoms with Crippen molar-refractivity contribution in [3.8, 4) is 45.5 Å². The van der Waals surface area contributed by atoms with E-state index in [2.05, 4.69) is 31.5 Å². The Bertz CT molecular complexity index is 1790. The molecule has 0 amide bonds. The van der Waals surface area contributed by atoms with Crippen LogP contribution in [0, 0.1) is 6.92 Å². The van der Waals surface area contributed by atoms with E-state index in [9.17, 15) is 0 Å². The molecule has 0 fully saturated rings. The normalized spacial score (nSPS) is 11.1. The summed E-state index contributed by atoms with van der Waals surface area (Å²) in [6.45, 7) is 5.59. The fraction of sp³-hybridized carbons (Fsp3) is 0.0690. The lowest BCUT2D eigenvalue weighted by atomic mass is 9.98. The number of fused-ring (bicyclic) bond motifs is 1. The quantitative estimate of drug-likeness (QED) is 0.292. The van der Waals surface area contributed by atoms with E-state index in [1.165, 1.54) is 6.33 Å². The van der Waals surface area contributed by atoms with E-state index in [1.807, 2.05) is 73.1 Å². The summed E-state index contributed by atoms with van der Waals surface area (Å²) in [4.78, 5) is 21.5. The third-order valence-corrected chi connectivity index (χ3v) is 6.26. The zero-order valence-electron chi connectivity index (χ0n) is 20.8. The summed E-state index contributed by atoms with van der Waals surface area (Å²) >= 11 is 0. The highest BCUT2D eigenvalue weighted by molar-refractivity contribution is 6.07.